The lowest BCUT2D eigenvalue weighted by atomic mass is 10.0. The fraction of sp³-hybridized carbons (Fsp3) is 0.417. The summed E-state index contributed by atoms with van der Waals surface area (Å²) < 4.78 is 31.0. The van der Waals surface area contributed by atoms with Crippen LogP contribution in [0.25, 0.3) is 0 Å². The summed E-state index contributed by atoms with van der Waals surface area (Å²) in [6.07, 6.45) is -1.79. The van der Waals surface area contributed by atoms with Crippen LogP contribution in [0.1, 0.15) is 70.5 Å². The standard InChI is InChI=1S/C24H28BrFN2O7/c1-13(17-11-15(26)8-9-16(17)20(29)30)33-18-10-14(25)12-27-19(18)28(21(31)34-23(2,3)4)22(32)35-24(5,6)7/h8-13H,1-7H3,(H,29,30)/t13-/m1/s1. The Morgan fingerprint density at radius 3 is 2.06 bits per heavy atom. The minimum Gasteiger partial charge on any atom is -0.482 e. The number of pyridine rings is 1. The number of halogens is 2. The Morgan fingerprint density at radius 1 is 1.03 bits per heavy atom. The van der Waals surface area contributed by atoms with Crippen molar-refractivity contribution in [1.82, 2.24) is 4.98 Å². The second kappa shape index (κ2) is 10.6. The van der Waals surface area contributed by atoms with Crippen LogP contribution in [-0.4, -0.2) is 39.4 Å². The van der Waals surface area contributed by atoms with Crippen molar-refractivity contribution >= 4 is 39.9 Å². The van der Waals surface area contributed by atoms with Crippen LogP contribution < -0.4 is 9.64 Å². The maximum absolute atomic E-state index is 13.9. The van der Waals surface area contributed by atoms with Gasteiger partial charge in [-0.3, -0.25) is 0 Å². The summed E-state index contributed by atoms with van der Waals surface area (Å²) in [6.45, 7) is 11.3. The molecule has 0 unspecified atom stereocenters. The molecule has 0 aliphatic rings. The van der Waals surface area contributed by atoms with Crippen LogP contribution in [0.5, 0.6) is 5.75 Å². The first-order chi connectivity index (χ1) is 16.0. The zero-order valence-electron chi connectivity index (χ0n) is 20.5. The molecule has 0 aliphatic heterocycles. The molecular formula is C24H28BrFN2O7. The number of imide groups is 1. The van der Waals surface area contributed by atoms with Crippen molar-refractivity contribution in [2.24, 2.45) is 0 Å². The maximum Gasteiger partial charge on any atom is 0.425 e. The summed E-state index contributed by atoms with van der Waals surface area (Å²) >= 11 is 3.27. The van der Waals surface area contributed by atoms with E-state index in [-0.39, 0.29) is 22.7 Å². The monoisotopic (exact) mass is 554 g/mol. The number of carboxylic acids is 1. The number of carbonyl (C=O) groups excluding carboxylic acids is 2. The number of carboxylic acid groups (broad SMARTS) is 1. The van der Waals surface area contributed by atoms with Gasteiger partial charge in [0.1, 0.15) is 23.1 Å². The average molecular weight is 555 g/mol. The third-order valence-electron chi connectivity index (χ3n) is 4.15. The summed E-state index contributed by atoms with van der Waals surface area (Å²) in [7, 11) is 0. The largest absolute Gasteiger partial charge is 0.482 e. The van der Waals surface area contributed by atoms with Crippen molar-refractivity contribution in [3.8, 4) is 5.75 Å². The van der Waals surface area contributed by atoms with E-state index < -0.39 is 41.3 Å². The highest BCUT2D eigenvalue weighted by molar-refractivity contribution is 9.10. The first-order valence-corrected chi connectivity index (χ1v) is 11.4. The number of hydrogen-bond acceptors (Lipinski definition) is 7. The van der Waals surface area contributed by atoms with Crippen LogP contribution in [0.4, 0.5) is 19.8 Å². The quantitative estimate of drug-likeness (QED) is 0.445. The zero-order chi connectivity index (χ0) is 26.7. The number of nitrogens with zero attached hydrogens (tertiary/aromatic N) is 2. The number of anilines is 1. The number of rotatable bonds is 5. The van der Waals surface area contributed by atoms with E-state index in [1.54, 1.807) is 41.5 Å². The minimum absolute atomic E-state index is 0.0458. The van der Waals surface area contributed by atoms with Gasteiger partial charge in [0.25, 0.3) is 0 Å². The van der Waals surface area contributed by atoms with Crippen molar-refractivity contribution in [1.29, 1.82) is 0 Å². The normalized spacial score (nSPS) is 12.5. The molecule has 35 heavy (non-hydrogen) atoms. The van der Waals surface area contributed by atoms with Crippen LogP contribution in [0.15, 0.2) is 34.9 Å². The van der Waals surface area contributed by atoms with E-state index in [4.69, 9.17) is 14.2 Å². The zero-order valence-corrected chi connectivity index (χ0v) is 22.1. The van der Waals surface area contributed by atoms with E-state index in [1.807, 2.05) is 0 Å². The van der Waals surface area contributed by atoms with E-state index in [2.05, 4.69) is 20.9 Å². The second-order valence-electron chi connectivity index (χ2n) is 9.57. The van der Waals surface area contributed by atoms with Gasteiger partial charge in [-0.1, -0.05) is 0 Å². The fourth-order valence-electron chi connectivity index (χ4n) is 2.85. The summed E-state index contributed by atoms with van der Waals surface area (Å²) in [5.74, 6) is -2.26. The number of amides is 2. The van der Waals surface area contributed by atoms with Gasteiger partial charge in [-0.15, -0.1) is 0 Å². The van der Waals surface area contributed by atoms with Crippen molar-refractivity contribution in [2.75, 3.05) is 4.90 Å². The van der Waals surface area contributed by atoms with E-state index in [1.165, 1.54) is 19.2 Å². The fourth-order valence-corrected chi connectivity index (χ4v) is 3.16. The summed E-state index contributed by atoms with van der Waals surface area (Å²) in [6, 6.07) is 4.62. The molecule has 2 rings (SSSR count). The highest BCUT2D eigenvalue weighted by Gasteiger charge is 2.36. The van der Waals surface area contributed by atoms with Gasteiger partial charge >= 0.3 is 18.2 Å². The Kier molecular flexibility index (Phi) is 8.48. The van der Waals surface area contributed by atoms with Gasteiger partial charge < -0.3 is 19.3 Å². The maximum atomic E-state index is 13.9. The number of ether oxygens (including phenoxy) is 3. The molecule has 0 aliphatic carbocycles. The number of benzene rings is 1. The van der Waals surface area contributed by atoms with Gasteiger partial charge in [-0.05, 0) is 88.7 Å². The molecule has 1 aromatic carbocycles. The van der Waals surface area contributed by atoms with E-state index in [0.717, 1.165) is 18.2 Å². The van der Waals surface area contributed by atoms with Crippen molar-refractivity contribution in [2.45, 2.75) is 65.8 Å². The molecule has 1 atom stereocenters. The number of aromatic carboxylic acids is 1. The molecule has 1 aromatic heterocycles. The van der Waals surface area contributed by atoms with Gasteiger partial charge in [-0.2, -0.15) is 4.90 Å². The third-order valence-corrected chi connectivity index (χ3v) is 4.58. The Morgan fingerprint density at radius 2 is 1.57 bits per heavy atom. The first kappa shape index (κ1) is 28.0. The Hall–Kier alpha value is -3.21. The minimum atomic E-state index is -1.27. The molecule has 9 nitrogen and oxygen atoms in total. The summed E-state index contributed by atoms with van der Waals surface area (Å²) in [5, 5.41) is 9.49. The molecule has 1 N–H and O–H groups in total. The molecule has 190 valence electrons. The van der Waals surface area contributed by atoms with Crippen LogP contribution in [0, 0.1) is 5.82 Å². The predicted octanol–water partition coefficient (Wildman–Crippen LogP) is 6.50. The molecule has 2 amide bonds. The van der Waals surface area contributed by atoms with Gasteiger partial charge in [0, 0.05) is 16.2 Å². The lowest BCUT2D eigenvalue weighted by Gasteiger charge is -2.29. The molecule has 11 heteroatoms. The molecule has 0 fully saturated rings. The second-order valence-corrected chi connectivity index (χ2v) is 10.5. The van der Waals surface area contributed by atoms with Crippen LogP contribution >= 0.6 is 15.9 Å². The smallest absolute Gasteiger partial charge is 0.425 e. The lowest BCUT2D eigenvalue weighted by Crippen LogP contribution is -2.44. The van der Waals surface area contributed by atoms with E-state index in [9.17, 15) is 23.9 Å². The molecule has 0 spiro atoms. The van der Waals surface area contributed by atoms with Crippen LogP contribution in [0.3, 0.4) is 0 Å². The number of hydrogen-bond donors (Lipinski definition) is 1. The molecule has 0 saturated carbocycles. The number of aromatic nitrogens is 1. The third kappa shape index (κ3) is 7.91. The Labute approximate surface area is 211 Å². The molecule has 0 bridgehead atoms. The van der Waals surface area contributed by atoms with Crippen molar-refractivity contribution in [3.63, 3.8) is 0 Å². The average Bonchev–Trinajstić information content (AvgIpc) is 2.66. The molecular weight excluding hydrogens is 527 g/mol. The Balaban J connectivity index is 2.58. The summed E-state index contributed by atoms with van der Waals surface area (Å²) in [4.78, 5) is 42.5. The van der Waals surface area contributed by atoms with Crippen molar-refractivity contribution < 1.29 is 38.1 Å². The van der Waals surface area contributed by atoms with Gasteiger partial charge in [0.05, 0.1) is 5.56 Å². The van der Waals surface area contributed by atoms with Gasteiger partial charge in [0.15, 0.2) is 11.6 Å². The molecule has 2 aromatic rings. The number of carbonyl (C=O) groups is 3. The topological polar surface area (TPSA) is 115 Å². The molecule has 0 saturated heterocycles. The predicted molar refractivity (Wildman–Crippen MR) is 129 cm³/mol. The first-order valence-electron chi connectivity index (χ1n) is 10.6. The molecule has 0 radical (unpaired) electrons. The lowest BCUT2D eigenvalue weighted by molar-refractivity contribution is 0.0425. The highest BCUT2D eigenvalue weighted by atomic mass is 79.9. The van der Waals surface area contributed by atoms with Crippen LogP contribution in [-0.2, 0) is 9.47 Å². The highest BCUT2D eigenvalue weighted by Crippen LogP contribution is 2.35. The van der Waals surface area contributed by atoms with E-state index in [0.29, 0.717) is 9.37 Å². The van der Waals surface area contributed by atoms with Crippen molar-refractivity contribution in [3.05, 3.63) is 51.9 Å². The van der Waals surface area contributed by atoms with Crippen LogP contribution in [0.2, 0.25) is 0 Å². The SMILES string of the molecule is C[C@@H](Oc1cc(Br)cnc1N(C(=O)OC(C)(C)C)C(=O)OC(C)(C)C)c1cc(F)ccc1C(=O)O. The van der Waals surface area contributed by atoms with E-state index >= 15 is 0 Å². The summed E-state index contributed by atoms with van der Waals surface area (Å²) in [5.41, 5.74) is -2.01. The van der Waals surface area contributed by atoms with Gasteiger partial charge in [-0.25, -0.2) is 23.8 Å². The Bertz CT molecular complexity index is 1100. The molecule has 1 heterocycles. The van der Waals surface area contributed by atoms with Gasteiger partial charge in [0.2, 0.25) is 0 Å².